The van der Waals surface area contributed by atoms with Crippen molar-refractivity contribution in [3.8, 4) is 33.4 Å². The molecule has 0 aromatic heterocycles. The van der Waals surface area contributed by atoms with Crippen molar-refractivity contribution in [1.82, 2.24) is 0 Å². The lowest BCUT2D eigenvalue weighted by molar-refractivity contribution is 0.997. The zero-order valence-corrected chi connectivity index (χ0v) is 34.4. The highest BCUT2D eigenvalue weighted by Crippen LogP contribution is 2.50. The van der Waals surface area contributed by atoms with E-state index in [0.29, 0.717) is 0 Å². The maximum Gasteiger partial charge on any atom is 0.0462 e. The molecule has 11 rings (SSSR count). The molecule has 0 radical (unpaired) electrons. The minimum absolute atomic E-state index is 1.04. The number of hydrogen-bond acceptors (Lipinski definition) is 2. The molecule has 2 heteroatoms. The average Bonchev–Trinajstić information content (AvgIpc) is 3.36. The quantitative estimate of drug-likeness (QED) is 0.134. The van der Waals surface area contributed by atoms with Crippen molar-refractivity contribution in [2.24, 2.45) is 0 Å². The van der Waals surface area contributed by atoms with E-state index in [1.165, 1.54) is 71.4 Å². The van der Waals surface area contributed by atoms with Gasteiger partial charge < -0.3 is 9.80 Å². The van der Waals surface area contributed by atoms with E-state index in [2.05, 4.69) is 252 Å². The summed E-state index contributed by atoms with van der Waals surface area (Å²) in [6.45, 7) is 0. The highest BCUT2D eigenvalue weighted by atomic mass is 15.1. The van der Waals surface area contributed by atoms with Crippen LogP contribution in [0.3, 0.4) is 0 Å². The molecule has 10 aromatic carbocycles. The first-order valence-corrected chi connectivity index (χ1v) is 21.6. The van der Waals surface area contributed by atoms with Gasteiger partial charge in [-0.2, -0.15) is 0 Å². The molecule has 0 fully saturated rings. The molecular formula is C60H44N2. The molecule has 2 nitrogen and oxygen atoms in total. The van der Waals surface area contributed by atoms with Gasteiger partial charge in [0.25, 0.3) is 0 Å². The number of para-hydroxylation sites is 3. The van der Waals surface area contributed by atoms with Crippen molar-refractivity contribution < 1.29 is 0 Å². The summed E-state index contributed by atoms with van der Waals surface area (Å²) in [5, 5.41) is 7.54. The molecule has 1 aliphatic rings. The maximum atomic E-state index is 2.46. The largest absolute Gasteiger partial charge is 0.311 e. The van der Waals surface area contributed by atoms with E-state index in [1.54, 1.807) is 0 Å². The van der Waals surface area contributed by atoms with Gasteiger partial charge in [-0.15, -0.1) is 0 Å². The van der Waals surface area contributed by atoms with E-state index in [0.717, 1.165) is 41.3 Å². The van der Waals surface area contributed by atoms with Crippen molar-refractivity contribution in [2.75, 3.05) is 9.80 Å². The topological polar surface area (TPSA) is 6.48 Å². The highest BCUT2D eigenvalue weighted by molar-refractivity contribution is 6.33. The van der Waals surface area contributed by atoms with Gasteiger partial charge in [-0.1, -0.05) is 170 Å². The first-order chi connectivity index (χ1) is 30.8. The minimum Gasteiger partial charge on any atom is -0.311 e. The van der Waals surface area contributed by atoms with Crippen LogP contribution in [0.5, 0.6) is 0 Å². The molecule has 0 aliphatic heterocycles. The van der Waals surface area contributed by atoms with Crippen LogP contribution in [-0.2, 0) is 0 Å². The predicted octanol–water partition coefficient (Wildman–Crippen LogP) is 17.0. The van der Waals surface area contributed by atoms with Gasteiger partial charge in [0.1, 0.15) is 0 Å². The molecule has 10 aromatic rings. The van der Waals surface area contributed by atoms with Crippen LogP contribution < -0.4 is 9.80 Å². The van der Waals surface area contributed by atoms with Crippen LogP contribution in [-0.4, -0.2) is 0 Å². The van der Waals surface area contributed by atoms with Gasteiger partial charge >= 0.3 is 0 Å². The van der Waals surface area contributed by atoms with Crippen molar-refractivity contribution in [2.45, 2.75) is 12.8 Å². The molecule has 0 unspecified atom stereocenters. The van der Waals surface area contributed by atoms with Gasteiger partial charge in [-0.05, 0) is 151 Å². The van der Waals surface area contributed by atoms with E-state index >= 15 is 0 Å². The molecule has 0 amide bonds. The average molecular weight is 793 g/mol. The second-order valence-corrected chi connectivity index (χ2v) is 15.9. The molecule has 0 saturated carbocycles. The number of hydrogen-bond donors (Lipinski definition) is 0. The normalized spacial score (nSPS) is 12.4. The highest BCUT2D eigenvalue weighted by Gasteiger charge is 2.23. The number of anilines is 5. The number of benzene rings is 10. The van der Waals surface area contributed by atoms with Crippen LogP contribution in [0.4, 0.5) is 28.4 Å². The van der Waals surface area contributed by atoms with E-state index in [4.69, 9.17) is 0 Å². The molecule has 0 atom stereocenters. The Bertz CT molecular complexity index is 3200. The fourth-order valence-corrected chi connectivity index (χ4v) is 9.44. The summed E-state index contributed by atoms with van der Waals surface area (Å²) in [4.78, 5) is 4.70. The van der Waals surface area contributed by atoms with E-state index in [-0.39, 0.29) is 0 Å². The SMILES string of the molecule is C1=CC(N(c2ccccc2)c2ccc(-c3cc(-c4ccccc4)c(-c4ccc(N(c5ccccc5)c5ccccc5)cc4)c4c5ccccc5c5ccccc5c34)cc2)=CCC1. The van der Waals surface area contributed by atoms with Gasteiger partial charge in [0, 0.05) is 34.1 Å². The Morgan fingerprint density at radius 3 is 1.26 bits per heavy atom. The molecule has 0 bridgehead atoms. The molecule has 0 spiro atoms. The lowest BCUT2D eigenvalue weighted by Gasteiger charge is -2.28. The van der Waals surface area contributed by atoms with Crippen LogP contribution in [0.15, 0.2) is 248 Å². The first-order valence-electron chi connectivity index (χ1n) is 21.6. The molecule has 1 aliphatic carbocycles. The summed E-state index contributed by atoms with van der Waals surface area (Å²) in [7, 11) is 0. The van der Waals surface area contributed by atoms with Crippen molar-refractivity contribution in [3.63, 3.8) is 0 Å². The fourth-order valence-electron chi connectivity index (χ4n) is 9.44. The first kappa shape index (κ1) is 37.1. The number of nitrogens with zero attached hydrogens (tertiary/aromatic N) is 2. The molecular weight excluding hydrogens is 749 g/mol. The summed E-state index contributed by atoms with van der Waals surface area (Å²) in [5.74, 6) is 0. The molecule has 62 heavy (non-hydrogen) atoms. The summed E-state index contributed by atoms with van der Waals surface area (Å²) in [6, 6.07) is 81.7. The Morgan fingerprint density at radius 1 is 0.306 bits per heavy atom. The Morgan fingerprint density at radius 2 is 0.726 bits per heavy atom. The van der Waals surface area contributed by atoms with Gasteiger partial charge in [-0.3, -0.25) is 0 Å². The number of fused-ring (bicyclic) bond motifs is 6. The van der Waals surface area contributed by atoms with Crippen molar-refractivity contribution in [3.05, 3.63) is 248 Å². The molecule has 294 valence electrons. The van der Waals surface area contributed by atoms with Gasteiger partial charge in [-0.25, -0.2) is 0 Å². The van der Waals surface area contributed by atoms with Gasteiger partial charge in [0.05, 0.1) is 0 Å². The Labute approximate surface area is 363 Å². The third-order valence-corrected chi connectivity index (χ3v) is 12.2. The second kappa shape index (κ2) is 16.3. The molecule has 0 heterocycles. The summed E-state index contributed by atoms with van der Waals surface area (Å²) >= 11 is 0. The van der Waals surface area contributed by atoms with E-state index in [1.807, 2.05) is 0 Å². The number of allylic oxidation sites excluding steroid dienone is 3. The standard InChI is InChI=1S/C60H44N2/c1-6-20-43(21-7-1)56-42-57(44-34-38-50(39-35-44)61(46-22-8-2-9-23-46)47-24-10-3-11-25-47)59-54-32-18-16-30-52(54)53-31-17-19-33-55(53)60(59)58(56)45-36-40-51(41-37-45)62(48-26-12-4-13-27-48)49-28-14-5-15-29-49/h1-2,4-10,12-42H,3,11H2. The Hall–Kier alpha value is -7.94. The van der Waals surface area contributed by atoms with Gasteiger partial charge in [0.15, 0.2) is 0 Å². The second-order valence-electron chi connectivity index (χ2n) is 15.9. The fraction of sp³-hybridized carbons (Fsp3) is 0.0333. The molecule has 0 N–H and O–H groups in total. The van der Waals surface area contributed by atoms with Crippen molar-refractivity contribution >= 4 is 60.8 Å². The van der Waals surface area contributed by atoms with Crippen LogP contribution in [0.25, 0.3) is 65.7 Å². The lowest BCUT2D eigenvalue weighted by atomic mass is 9.81. The predicted molar refractivity (Wildman–Crippen MR) is 265 cm³/mol. The van der Waals surface area contributed by atoms with E-state index in [9.17, 15) is 0 Å². The monoisotopic (exact) mass is 792 g/mol. The zero-order chi connectivity index (χ0) is 41.2. The Kier molecular flexibility index (Phi) is 9.72. The zero-order valence-electron chi connectivity index (χ0n) is 34.4. The third kappa shape index (κ3) is 6.73. The van der Waals surface area contributed by atoms with Crippen molar-refractivity contribution in [1.29, 1.82) is 0 Å². The van der Waals surface area contributed by atoms with E-state index < -0.39 is 0 Å². The summed E-state index contributed by atoms with van der Waals surface area (Å²) in [6.07, 6.45) is 9.00. The van der Waals surface area contributed by atoms with Crippen LogP contribution >= 0.6 is 0 Å². The smallest absolute Gasteiger partial charge is 0.0462 e. The number of rotatable bonds is 9. The van der Waals surface area contributed by atoms with Gasteiger partial charge in [0.2, 0.25) is 0 Å². The molecule has 0 saturated heterocycles. The van der Waals surface area contributed by atoms with Crippen LogP contribution in [0.1, 0.15) is 12.8 Å². The van der Waals surface area contributed by atoms with Crippen LogP contribution in [0.2, 0.25) is 0 Å². The maximum absolute atomic E-state index is 2.46. The Balaban J connectivity index is 1.16. The van der Waals surface area contributed by atoms with Crippen LogP contribution in [0, 0.1) is 0 Å². The third-order valence-electron chi connectivity index (χ3n) is 12.2. The summed E-state index contributed by atoms with van der Waals surface area (Å²) in [5.41, 5.74) is 14.0. The lowest BCUT2D eigenvalue weighted by Crippen LogP contribution is -2.16. The minimum atomic E-state index is 1.04. The summed E-state index contributed by atoms with van der Waals surface area (Å²) < 4.78 is 0.